The van der Waals surface area contributed by atoms with E-state index in [1.807, 2.05) is 20.8 Å². The van der Waals surface area contributed by atoms with E-state index in [0.717, 1.165) is 0 Å². The minimum Gasteiger partial charge on any atom is -0.507 e. The van der Waals surface area contributed by atoms with Crippen LogP contribution in [-0.2, 0) is 4.79 Å². The van der Waals surface area contributed by atoms with Gasteiger partial charge in [0.2, 0.25) is 0 Å². The van der Waals surface area contributed by atoms with Crippen molar-refractivity contribution in [3.05, 3.63) is 59.7 Å². The molecule has 2 aromatic rings. The van der Waals surface area contributed by atoms with Crippen molar-refractivity contribution in [3.63, 3.8) is 0 Å². The number of hydrogen-bond donors (Lipinski definition) is 1. The quantitative estimate of drug-likeness (QED) is 0.305. The first-order valence-corrected chi connectivity index (χ1v) is 9.52. The second-order valence-corrected chi connectivity index (χ2v) is 8.10. The summed E-state index contributed by atoms with van der Waals surface area (Å²) in [6.07, 6.45) is 0.0805. The largest absolute Gasteiger partial charge is 0.507 e. The average molecular weight is 407 g/mol. The molecule has 0 bridgehead atoms. The highest BCUT2D eigenvalue weighted by molar-refractivity contribution is 6.10. The fourth-order valence-electron chi connectivity index (χ4n) is 2.43. The van der Waals surface area contributed by atoms with Crippen molar-refractivity contribution in [2.24, 2.45) is 10.2 Å². The van der Waals surface area contributed by atoms with Gasteiger partial charge in [-0.2, -0.15) is 15.5 Å². The van der Waals surface area contributed by atoms with Crippen molar-refractivity contribution in [2.45, 2.75) is 51.6 Å². The van der Waals surface area contributed by atoms with Gasteiger partial charge in [0.05, 0.1) is 17.2 Å². The van der Waals surface area contributed by atoms with E-state index in [2.05, 4.69) is 16.3 Å². The average Bonchev–Trinajstić information content (AvgIpc) is 2.70. The van der Waals surface area contributed by atoms with Gasteiger partial charge in [0.25, 0.3) is 0 Å². The summed E-state index contributed by atoms with van der Waals surface area (Å²) >= 11 is 0. The topological polar surface area (TPSA) is 112 Å². The summed E-state index contributed by atoms with van der Waals surface area (Å²) in [6, 6.07) is 14.7. The molecule has 30 heavy (non-hydrogen) atoms. The Balaban J connectivity index is 2.02. The maximum atomic E-state index is 12.5. The van der Waals surface area contributed by atoms with E-state index in [1.54, 1.807) is 37.3 Å². The molecule has 0 radical (unpaired) electrons. The van der Waals surface area contributed by atoms with Crippen LogP contribution in [0, 0.1) is 11.3 Å². The van der Waals surface area contributed by atoms with E-state index in [9.17, 15) is 20.0 Å². The number of azo groups is 1. The van der Waals surface area contributed by atoms with Crippen LogP contribution in [-0.4, -0.2) is 27.9 Å². The Kier molecular flexibility index (Phi) is 7.06. The van der Waals surface area contributed by atoms with Crippen molar-refractivity contribution >= 4 is 11.8 Å². The number of phenols is 1. The molecule has 0 saturated heterocycles. The Labute approximate surface area is 176 Å². The number of ether oxygens (including phenoxy) is 1. The number of ketones is 1. The Morgan fingerprint density at radius 2 is 1.73 bits per heavy atom. The molecule has 0 aliphatic carbocycles. The first-order valence-electron chi connectivity index (χ1n) is 9.52. The van der Waals surface area contributed by atoms with Crippen LogP contribution >= 0.6 is 0 Å². The molecule has 0 aliphatic rings. The summed E-state index contributed by atoms with van der Waals surface area (Å²) in [4.78, 5) is 24.6. The molecule has 2 aromatic carbocycles. The summed E-state index contributed by atoms with van der Waals surface area (Å²) in [7, 11) is 0. The van der Waals surface area contributed by atoms with Crippen molar-refractivity contribution in [1.82, 2.24) is 0 Å². The van der Waals surface area contributed by atoms with Crippen LogP contribution in [0.5, 0.6) is 11.5 Å². The Bertz CT molecular complexity index is 988. The molecule has 0 heterocycles. The number of hydrogen-bond acceptors (Lipinski definition) is 7. The Morgan fingerprint density at radius 3 is 2.30 bits per heavy atom. The smallest absolute Gasteiger partial charge is 0.311 e. The third-order valence-electron chi connectivity index (χ3n) is 4.11. The molecule has 7 heteroatoms. The number of rotatable bonds is 7. The van der Waals surface area contributed by atoms with Gasteiger partial charge in [-0.1, -0.05) is 30.3 Å². The SMILES string of the molecule is CC(C)(C)/N=N/C(C)(C#N)CCC(=O)Oc1ccc(C(=O)c2ccccc2)c(O)c1. The first kappa shape index (κ1) is 22.8. The second-order valence-electron chi connectivity index (χ2n) is 8.10. The molecule has 0 aliphatic heterocycles. The van der Waals surface area contributed by atoms with Gasteiger partial charge in [0.1, 0.15) is 11.5 Å². The Morgan fingerprint density at radius 1 is 1.07 bits per heavy atom. The normalized spacial score (nSPS) is 13.4. The van der Waals surface area contributed by atoms with Crippen LogP contribution in [0.4, 0.5) is 0 Å². The highest BCUT2D eigenvalue weighted by Gasteiger charge is 2.26. The summed E-state index contributed by atoms with van der Waals surface area (Å²) in [6.45, 7) is 7.19. The molecular weight excluding hydrogens is 382 g/mol. The number of esters is 1. The van der Waals surface area contributed by atoms with E-state index in [1.165, 1.54) is 18.2 Å². The lowest BCUT2D eigenvalue weighted by Crippen LogP contribution is -2.23. The third-order valence-corrected chi connectivity index (χ3v) is 4.11. The molecule has 0 spiro atoms. The van der Waals surface area contributed by atoms with E-state index >= 15 is 0 Å². The third kappa shape index (κ3) is 6.52. The van der Waals surface area contributed by atoms with E-state index in [0.29, 0.717) is 5.56 Å². The van der Waals surface area contributed by atoms with Gasteiger partial charge in [0.15, 0.2) is 11.3 Å². The van der Waals surface area contributed by atoms with Gasteiger partial charge in [-0.15, -0.1) is 0 Å². The van der Waals surface area contributed by atoms with Crippen LogP contribution in [0.3, 0.4) is 0 Å². The maximum Gasteiger partial charge on any atom is 0.311 e. The van der Waals surface area contributed by atoms with E-state index < -0.39 is 17.0 Å². The number of phenolic OH excluding ortho intramolecular Hbond substituents is 1. The van der Waals surface area contributed by atoms with Crippen molar-refractivity contribution < 1.29 is 19.4 Å². The number of aromatic hydroxyl groups is 1. The Hall–Kier alpha value is -3.53. The lowest BCUT2D eigenvalue weighted by molar-refractivity contribution is -0.134. The molecule has 0 aromatic heterocycles. The second kappa shape index (κ2) is 9.31. The van der Waals surface area contributed by atoms with Gasteiger partial charge in [-0.3, -0.25) is 9.59 Å². The minimum absolute atomic E-state index is 0.0569. The maximum absolute atomic E-state index is 12.5. The summed E-state index contributed by atoms with van der Waals surface area (Å²) in [5.74, 6) is -1.09. The number of carbonyl (C=O) groups excluding carboxylic acids is 2. The minimum atomic E-state index is -1.14. The molecule has 2 rings (SSSR count). The number of nitrogens with zero attached hydrogens (tertiary/aromatic N) is 3. The van der Waals surface area contributed by atoms with Crippen LogP contribution in [0.25, 0.3) is 0 Å². The molecule has 1 atom stereocenters. The van der Waals surface area contributed by atoms with Gasteiger partial charge in [0, 0.05) is 18.1 Å². The number of nitriles is 1. The van der Waals surface area contributed by atoms with Crippen molar-refractivity contribution in [1.29, 1.82) is 5.26 Å². The molecular formula is C23H25N3O4. The lowest BCUT2D eigenvalue weighted by Gasteiger charge is -2.17. The fraction of sp³-hybridized carbons (Fsp3) is 0.348. The van der Waals surface area contributed by atoms with Crippen LogP contribution in [0.1, 0.15) is 56.5 Å². The van der Waals surface area contributed by atoms with Crippen molar-refractivity contribution in [2.75, 3.05) is 0 Å². The van der Waals surface area contributed by atoms with E-state index in [-0.39, 0.29) is 35.7 Å². The van der Waals surface area contributed by atoms with Crippen LogP contribution in [0.15, 0.2) is 58.8 Å². The zero-order valence-corrected chi connectivity index (χ0v) is 17.5. The molecule has 156 valence electrons. The highest BCUT2D eigenvalue weighted by Crippen LogP contribution is 2.27. The summed E-state index contributed by atoms with van der Waals surface area (Å²) in [5, 5.41) is 27.8. The molecule has 0 fully saturated rings. The van der Waals surface area contributed by atoms with Gasteiger partial charge in [-0.05, 0) is 46.2 Å². The van der Waals surface area contributed by atoms with E-state index in [4.69, 9.17) is 4.74 Å². The van der Waals surface area contributed by atoms with Crippen LogP contribution < -0.4 is 4.74 Å². The summed E-state index contributed by atoms with van der Waals surface area (Å²) in [5.41, 5.74) is -1.01. The number of benzene rings is 2. The zero-order valence-electron chi connectivity index (χ0n) is 17.5. The zero-order chi connectivity index (χ0) is 22.4. The molecule has 0 saturated carbocycles. The molecule has 1 N–H and O–H groups in total. The first-order chi connectivity index (χ1) is 14.0. The molecule has 1 unspecified atom stereocenters. The predicted octanol–water partition coefficient (Wildman–Crippen LogP) is 4.84. The molecule has 7 nitrogen and oxygen atoms in total. The van der Waals surface area contributed by atoms with Gasteiger partial charge >= 0.3 is 5.97 Å². The standard InChI is InChI=1S/C23H25N3O4/c1-22(2,3)25-26-23(4,15-24)13-12-20(28)30-17-10-11-18(19(27)14-17)21(29)16-8-6-5-7-9-16/h5-11,14,27H,12-13H2,1-4H3/b26-25+. The monoisotopic (exact) mass is 407 g/mol. The molecule has 0 amide bonds. The van der Waals surface area contributed by atoms with Gasteiger partial charge < -0.3 is 9.84 Å². The van der Waals surface area contributed by atoms with Crippen LogP contribution in [0.2, 0.25) is 0 Å². The lowest BCUT2D eigenvalue weighted by atomic mass is 9.99. The summed E-state index contributed by atoms with van der Waals surface area (Å²) < 4.78 is 5.23. The number of carbonyl (C=O) groups is 2. The fourth-order valence-corrected chi connectivity index (χ4v) is 2.43. The predicted molar refractivity (Wildman–Crippen MR) is 111 cm³/mol. The van der Waals surface area contributed by atoms with Gasteiger partial charge in [-0.25, -0.2) is 0 Å². The van der Waals surface area contributed by atoms with Crippen molar-refractivity contribution in [3.8, 4) is 17.6 Å². The highest BCUT2D eigenvalue weighted by atomic mass is 16.5.